The van der Waals surface area contributed by atoms with Crippen molar-refractivity contribution < 1.29 is 19.1 Å². The summed E-state index contributed by atoms with van der Waals surface area (Å²) in [5.41, 5.74) is 1.14. The number of anilines is 1. The Morgan fingerprint density at radius 2 is 1.81 bits per heavy atom. The normalized spacial score (nSPS) is 21.3. The number of esters is 1. The number of amides is 1. The van der Waals surface area contributed by atoms with Gasteiger partial charge in [0.25, 0.3) is 5.91 Å². The number of carbonyl (C=O) groups is 3. The molecule has 21 heavy (non-hydrogen) atoms. The standard InChI is InChI=1S/C16H19NO4/c1-9-8-14(9)16(20)21-11(3)15(19)17-13-6-4-12(5-7-13)10(2)18/h4-7,9,11,14H,8H2,1-3H3,(H,17,19)/t9-,11+,14-/m1/s1. The fourth-order valence-corrected chi connectivity index (χ4v) is 2.00. The summed E-state index contributed by atoms with van der Waals surface area (Å²) in [4.78, 5) is 34.8. The van der Waals surface area contributed by atoms with E-state index in [4.69, 9.17) is 4.74 Å². The van der Waals surface area contributed by atoms with Crippen LogP contribution in [-0.4, -0.2) is 23.8 Å². The van der Waals surface area contributed by atoms with E-state index in [2.05, 4.69) is 5.32 Å². The van der Waals surface area contributed by atoms with E-state index >= 15 is 0 Å². The van der Waals surface area contributed by atoms with Crippen LogP contribution in [0.1, 0.15) is 37.6 Å². The van der Waals surface area contributed by atoms with Gasteiger partial charge >= 0.3 is 5.97 Å². The van der Waals surface area contributed by atoms with Gasteiger partial charge in [0.05, 0.1) is 5.92 Å². The van der Waals surface area contributed by atoms with Crippen LogP contribution in [0.4, 0.5) is 5.69 Å². The highest BCUT2D eigenvalue weighted by Crippen LogP contribution is 2.38. The molecule has 0 aromatic heterocycles. The van der Waals surface area contributed by atoms with Crippen molar-refractivity contribution in [3.8, 4) is 0 Å². The predicted molar refractivity (Wildman–Crippen MR) is 77.9 cm³/mol. The van der Waals surface area contributed by atoms with Crippen LogP contribution < -0.4 is 5.32 Å². The highest BCUT2D eigenvalue weighted by molar-refractivity contribution is 5.97. The fourth-order valence-electron chi connectivity index (χ4n) is 2.00. The van der Waals surface area contributed by atoms with Gasteiger partial charge in [-0.1, -0.05) is 6.92 Å². The highest BCUT2D eigenvalue weighted by Gasteiger charge is 2.41. The van der Waals surface area contributed by atoms with E-state index in [-0.39, 0.29) is 23.6 Å². The smallest absolute Gasteiger partial charge is 0.309 e. The lowest BCUT2D eigenvalue weighted by Crippen LogP contribution is -2.30. The lowest BCUT2D eigenvalue weighted by Gasteiger charge is -2.13. The second-order valence-electron chi connectivity index (χ2n) is 5.52. The van der Waals surface area contributed by atoms with Crippen molar-refractivity contribution in [1.82, 2.24) is 0 Å². The topological polar surface area (TPSA) is 72.5 Å². The molecular weight excluding hydrogens is 270 g/mol. The number of ether oxygens (including phenoxy) is 1. The first-order valence-electron chi connectivity index (χ1n) is 7.01. The van der Waals surface area contributed by atoms with Gasteiger partial charge in [0.1, 0.15) is 0 Å². The molecule has 2 rings (SSSR count). The molecule has 0 aliphatic heterocycles. The Bertz CT molecular complexity index is 564. The lowest BCUT2D eigenvalue weighted by atomic mass is 10.1. The van der Waals surface area contributed by atoms with Crippen LogP contribution >= 0.6 is 0 Å². The maximum atomic E-state index is 11.9. The summed E-state index contributed by atoms with van der Waals surface area (Å²) in [5, 5.41) is 2.66. The van der Waals surface area contributed by atoms with Crippen molar-refractivity contribution in [2.75, 3.05) is 5.32 Å². The van der Waals surface area contributed by atoms with Crippen molar-refractivity contribution in [3.63, 3.8) is 0 Å². The molecule has 1 saturated carbocycles. The molecule has 112 valence electrons. The molecule has 3 atom stereocenters. The van der Waals surface area contributed by atoms with Crippen molar-refractivity contribution in [2.45, 2.75) is 33.3 Å². The zero-order valence-electron chi connectivity index (χ0n) is 12.4. The second kappa shape index (κ2) is 6.08. The summed E-state index contributed by atoms with van der Waals surface area (Å²) in [6.45, 7) is 5.01. The molecule has 5 nitrogen and oxygen atoms in total. The maximum absolute atomic E-state index is 11.9. The zero-order chi connectivity index (χ0) is 15.6. The number of carbonyl (C=O) groups excluding carboxylic acids is 3. The minimum Gasteiger partial charge on any atom is -0.452 e. The SMILES string of the molecule is CC(=O)c1ccc(NC(=O)[C@H](C)OC(=O)[C@@H]2C[C@H]2C)cc1. The van der Waals surface area contributed by atoms with Gasteiger partial charge in [-0.3, -0.25) is 14.4 Å². The molecule has 1 aliphatic rings. The number of Topliss-reactive ketones (excluding diaryl/α,β-unsaturated/α-hetero) is 1. The minimum absolute atomic E-state index is 0.0336. The average molecular weight is 289 g/mol. The number of nitrogens with one attached hydrogen (secondary N) is 1. The Hall–Kier alpha value is -2.17. The third-order valence-electron chi connectivity index (χ3n) is 3.63. The molecule has 0 radical (unpaired) electrons. The third-order valence-corrected chi connectivity index (χ3v) is 3.63. The molecule has 1 aliphatic carbocycles. The van der Waals surface area contributed by atoms with E-state index in [9.17, 15) is 14.4 Å². The highest BCUT2D eigenvalue weighted by atomic mass is 16.5. The van der Waals surface area contributed by atoms with Crippen LogP contribution in [0, 0.1) is 11.8 Å². The van der Waals surface area contributed by atoms with Gasteiger partial charge < -0.3 is 10.1 Å². The van der Waals surface area contributed by atoms with E-state index in [1.165, 1.54) is 6.92 Å². The van der Waals surface area contributed by atoms with Gasteiger partial charge in [-0.15, -0.1) is 0 Å². The Kier molecular flexibility index (Phi) is 4.40. The average Bonchev–Trinajstić information content (AvgIpc) is 3.16. The molecule has 5 heteroatoms. The Labute approximate surface area is 123 Å². The summed E-state index contributed by atoms with van der Waals surface area (Å²) in [6, 6.07) is 6.57. The molecule has 0 spiro atoms. The van der Waals surface area contributed by atoms with E-state index in [1.54, 1.807) is 31.2 Å². The van der Waals surface area contributed by atoms with Gasteiger partial charge in [-0.2, -0.15) is 0 Å². The molecule has 1 fully saturated rings. The molecule has 1 aromatic carbocycles. The Morgan fingerprint density at radius 1 is 1.24 bits per heavy atom. The van der Waals surface area contributed by atoms with Crippen LogP contribution in [0.5, 0.6) is 0 Å². The molecule has 1 aromatic rings. The number of ketones is 1. The van der Waals surface area contributed by atoms with Gasteiger partial charge in [0, 0.05) is 11.3 Å². The monoisotopic (exact) mass is 289 g/mol. The van der Waals surface area contributed by atoms with E-state index in [0.717, 1.165) is 6.42 Å². The maximum Gasteiger partial charge on any atom is 0.309 e. The van der Waals surface area contributed by atoms with Gasteiger partial charge in [0.2, 0.25) is 0 Å². The lowest BCUT2D eigenvalue weighted by molar-refractivity contribution is -0.154. The van der Waals surface area contributed by atoms with Crippen LogP contribution in [0.15, 0.2) is 24.3 Å². The van der Waals surface area contributed by atoms with Crippen LogP contribution in [0.2, 0.25) is 0 Å². The number of hydrogen-bond donors (Lipinski definition) is 1. The van der Waals surface area contributed by atoms with Crippen LogP contribution in [0.3, 0.4) is 0 Å². The number of benzene rings is 1. The number of hydrogen-bond acceptors (Lipinski definition) is 4. The molecule has 0 unspecified atom stereocenters. The minimum atomic E-state index is -0.835. The second-order valence-corrected chi connectivity index (χ2v) is 5.52. The van der Waals surface area contributed by atoms with Crippen molar-refractivity contribution in [3.05, 3.63) is 29.8 Å². The largest absolute Gasteiger partial charge is 0.452 e. The Balaban J connectivity index is 1.88. The van der Waals surface area contributed by atoms with Crippen molar-refractivity contribution >= 4 is 23.3 Å². The van der Waals surface area contributed by atoms with Gasteiger partial charge in [-0.25, -0.2) is 0 Å². The summed E-state index contributed by atoms with van der Waals surface area (Å²) in [5.74, 6) is -0.431. The first-order chi connectivity index (χ1) is 9.88. The molecule has 1 amide bonds. The molecule has 1 N–H and O–H groups in total. The first kappa shape index (κ1) is 15.2. The molecule has 0 heterocycles. The third kappa shape index (κ3) is 3.90. The van der Waals surface area contributed by atoms with Crippen LogP contribution in [0.25, 0.3) is 0 Å². The molecule has 0 saturated heterocycles. The molecular formula is C16H19NO4. The summed E-state index contributed by atoms with van der Waals surface area (Å²) in [7, 11) is 0. The summed E-state index contributed by atoms with van der Waals surface area (Å²) in [6.07, 6.45) is -0.00237. The quantitative estimate of drug-likeness (QED) is 0.667. The summed E-state index contributed by atoms with van der Waals surface area (Å²) < 4.78 is 5.14. The number of rotatable bonds is 5. The van der Waals surface area contributed by atoms with Crippen molar-refractivity contribution in [2.24, 2.45) is 11.8 Å². The Morgan fingerprint density at radius 3 is 2.29 bits per heavy atom. The van der Waals surface area contributed by atoms with Gasteiger partial charge in [-0.05, 0) is 50.5 Å². The van der Waals surface area contributed by atoms with Crippen LogP contribution in [-0.2, 0) is 14.3 Å². The van der Waals surface area contributed by atoms with Gasteiger partial charge in [0.15, 0.2) is 11.9 Å². The molecule has 0 bridgehead atoms. The first-order valence-corrected chi connectivity index (χ1v) is 7.01. The zero-order valence-corrected chi connectivity index (χ0v) is 12.4. The van der Waals surface area contributed by atoms with E-state index in [0.29, 0.717) is 17.2 Å². The van der Waals surface area contributed by atoms with E-state index in [1.807, 2.05) is 6.92 Å². The summed E-state index contributed by atoms with van der Waals surface area (Å²) >= 11 is 0. The van der Waals surface area contributed by atoms with Crippen molar-refractivity contribution in [1.29, 1.82) is 0 Å². The predicted octanol–water partition coefficient (Wildman–Crippen LogP) is 2.42. The fraction of sp³-hybridized carbons (Fsp3) is 0.438. The van der Waals surface area contributed by atoms with E-state index < -0.39 is 6.10 Å².